The number of aryl methyl sites for hydroxylation is 1. The Bertz CT molecular complexity index is 971. The van der Waals surface area contributed by atoms with E-state index in [1.807, 2.05) is 13.0 Å². The first kappa shape index (κ1) is 20.0. The molecule has 3 heterocycles. The van der Waals surface area contributed by atoms with E-state index in [9.17, 15) is 12.8 Å². The van der Waals surface area contributed by atoms with Crippen molar-refractivity contribution in [1.82, 2.24) is 14.3 Å². The Kier molecular flexibility index (Phi) is 5.69. The summed E-state index contributed by atoms with van der Waals surface area (Å²) < 4.78 is 41.0. The monoisotopic (exact) mass is 419 g/mol. The minimum absolute atomic E-state index is 0.265. The predicted molar refractivity (Wildman–Crippen MR) is 110 cm³/mol. The molecule has 2 aromatic rings. The molecule has 0 spiro atoms. The smallest absolute Gasteiger partial charge is 0.246 e. The summed E-state index contributed by atoms with van der Waals surface area (Å²) in [4.78, 5) is 13.3. The SMILES string of the molecule is Cc1nc(N2CCCCC2)cc(N2CCN(S(=O)(=O)c3ccccc3F)CC2)n1. The lowest BCUT2D eigenvalue weighted by Gasteiger charge is -2.35. The standard InChI is InChI=1S/C20H26FN5O2S/c1-16-22-19(24-9-5-2-6-10-24)15-20(23-16)25-11-13-26(14-12-25)29(27,28)18-8-4-3-7-17(18)21/h3-4,7-8,15H,2,5-6,9-14H2,1H3. The molecule has 0 N–H and O–H groups in total. The number of piperidine rings is 1. The third kappa shape index (κ3) is 4.20. The first-order chi connectivity index (χ1) is 13.9. The molecule has 1 aromatic carbocycles. The lowest BCUT2D eigenvalue weighted by Crippen LogP contribution is -2.49. The number of halogens is 1. The third-order valence-corrected chi connectivity index (χ3v) is 7.44. The first-order valence-corrected chi connectivity index (χ1v) is 11.5. The van der Waals surface area contributed by atoms with Crippen LogP contribution in [0.4, 0.5) is 16.0 Å². The minimum Gasteiger partial charge on any atom is -0.356 e. The van der Waals surface area contributed by atoms with E-state index in [4.69, 9.17) is 0 Å². The second-order valence-corrected chi connectivity index (χ2v) is 9.41. The summed E-state index contributed by atoms with van der Waals surface area (Å²) >= 11 is 0. The number of hydrogen-bond acceptors (Lipinski definition) is 6. The van der Waals surface area contributed by atoms with Gasteiger partial charge >= 0.3 is 0 Å². The van der Waals surface area contributed by atoms with Gasteiger partial charge in [-0.15, -0.1) is 0 Å². The summed E-state index contributed by atoms with van der Waals surface area (Å²) in [5.74, 6) is 1.76. The highest BCUT2D eigenvalue weighted by molar-refractivity contribution is 7.89. The molecule has 2 saturated heterocycles. The van der Waals surface area contributed by atoms with Crippen molar-refractivity contribution in [3.8, 4) is 0 Å². The Morgan fingerprint density at radius 3 is 2.07 bits per heavy atom. The fourth-order valence-electron chi connectivity index (χ4n) is 3.93. The van der Waals surface area contributed by atoms with Gasteiger partial charge in [-0.25, -0.2) is 22.8 Å². The third-order valence-electron chi connectivity index (χ3n) is 5.51. The van der Waals surface area contributed by atoms with Gasteiger partial charge in [0.15, 0.2) is 0 Å². The van der Waals surface area contributed by atoms with Gasteiger partial charge in [0.05, 0.1) is 0 Å². The van der Waals surface area contributed by atoms with Gasteiger partial charge in [-0.2, -0.15) is 4.31 Å². The minimum atomic E-state index is -3.84. The van der Waals surface area contributed by atoms with Crippen LogP contribution in [-0.2, 0) is 10.0 Å². The molecule has 9 heteroatoms. The van der Waals surface area contributed by atoms with Crippen molar-refractivity contribution >= 4 is 21.7 Å². The normalized spacial score (nSPS) is 18.8. The molecule has 0 aliphatic carbocycles. The second kappa shape index (κ2) is 8.23. The maximum absolute atomic E-state index is 14.0. The van der Waals surface area contributed by atoms with Crippen molar-refractivity contribution in [3.63, 3.8) is 0 Å². The molecular weight excluding hydrogens is 393 g/mol. The van der Waals surface area contributed by atoms with Crippen LogP contribution in [0.5, 0.6) is 0 Å². The van der Waals surface area contributed by atoms with E-state index in [-0.39, 0.29) is 4.90 Å². The Morgan fingerprint density at radius 2 is 1.45 bits per heavy atom. The van der Waals surface area contributed by atoms with Gasteiger partial charge < -0.3 is 9.80 Å². The molecule has 29 heavy (non-hydrogen) atoms. The highest BCUT2D eigenvalue weighted by atomic mass is 32.2. The van der Waals surface area contributed by atoms with E-state index >= 15 is 0 Å². The number of benzene rings is 1. The summed E-state index contributed by atoms with van der Waals surface area (Å²) in [6, 6.07) is 7.52. The van der Waals surface area contributed by atoms with Crippen LogP contribution in [0.3, 0.4) is 0 Å². The molecule has 0 unspecified atom stereocenters. The Morgan fingerprint density at radius 1 is 0.862 bits per heavy atom. The molecule has 7 nitrogen and oxygen atoms in total. The zero-order chi connectivity index (χ0) is 20.4. The summed E-state index contributed by atoms with van der Waals surface area (Å²) in [6.45, 7) is 5.48. The molecule has 2 aliphatic heterocycles. The highest BCUT2D eigenvalue weighted by Crippen LogP contribution is 2.25. The van der Waals surface area contributed by atoms with Crippen LogP contribution in [0.25, 0.3) is 0 Å². The maximum Gasteiger partial charge on any atom is 0.246 e. The van der Waals surface area contributed by atoms with Crippen LogP contribution in [0.2, 0.25) is 0 Å². The van der Waals surface area contributed by atoms with Crippen LogP contribution in [-0.4, -0.2) is 62.0 Å². The van der Waals surface area contributed by atoms with Gasteiger partial charge in [-0.3, -0.25) is 0 Å². The fraction of sp³-hybridized carbons (Fsp3) is 0.500. The number of piperazine rings is 1. The predicted octanol–water partition coefficient (Wildman–Crippen LogP) is 2.43. The maximum atomic E-state index is 14.0. The Labute approximate surface area is 171 Å². The zero-order valence-electron chi connectivity index (χ0n) is 16.6. The van der Waals surface area contributed by atoms with E-state index in [1.165, 1.54) is 47.8 Å². The van der Waals surface area contributed by atoms with Gasteiger partial charge in [-0.05, 0) is 38.3 Å². The number of sulfonamides is 1. The van der Waals surface area contributed by atoms with Crippen LogP contribution >= 0.6 is 0 Å². The summed E-state index contributed by atoms with van der Waals surface area (Å²) in [6.07, 6.45) is 3.60. The molecular formula is C20H26FN5O2S. The second-order valence-electron chi connectivity index (χ2n) is 7.50. The summed E-state index contributed by atoms with van der Waals surface area (Å²) in [5, 5.41) is 0. The van der Waals surface area contributed by atoms with Crippen molar-refractivity contribution in [2.75, 3.05) is 49.1 Å². The molecule has 156 valence electrons. The topological polar surface area (TPSA) is 69.6 Å². The van der Waals surface area contributed by atoms with Gasteiger partial charge in [0, 0.05) is 45.3 Å². The average Bonchev–Trinajstić information content (AvgIpc) is 2.74. The lowest BCUT2D eigenvalue weighted by atomic mass is 10.1. The van der Waals surface area contributed by atoms with Crippen molar-refractivity contribution in [2.45, 2.75) is 31.1 Å². The van der Waals surface area contributed by atoms with Gasteiger partial charge in [0.25, 0.3) is 0 Å². The van der Waals surface area contributed by atoms with Crippen LogP contribution in [0, 0.1) is 12.7 Å². The van der Waals surface area contributed by atoms with Crippen molar-refractivity contribution < 1.29 is 12.8 Å². The van der Waals surface area contributed by atoms with Crippen molar-refractivity contribution in [2.24, 2.45) is 0 Å². The molecule has 1 aromatic heterocycles. The average molecular weight is 420 g/mol. The lowest BCUT2D eigenvalue weighted by molar-refractivity contribution is 0.381. The van der Waals surface area contributed by atoms with Gasteiger partial charge in [0.2, 0.25) is 10.0 Å². The van der Waals surface area contributed by atoms with Gasteiger partial charge in [-0.1, -0.05) is 12.1 Å². The van der Waals surface area contributed by atoms with E-state index in [2.05, 4.69) is 19.8 Å². The summed E-state index contributed by atoms with van der Waals surface area (Å²) in [5.41, 5.74) is 0. The molecule has 0 atom stereocenters. The van der Waals surface area contributed by atoms with Crippen molar-refractivity contribution in [1.29, 1.82) is 0 Å². The molecule has 4 rings (SSSR count). The molecule has 2 fully saturated rings. The van der Waals surface area contributed by atoms with E-state index < -0.39 is 15.8 Å². The number of anilines is 2. The molecule has 2 aliphatic rings. The van der Waals surface area contributed by atoms with E-state index in [0.29, 0.717) is 32.0 Å². The quantitative estimate of drug-likeness (QED) is 0.758. The highest BCUT2D eigenvalue weighted by Gasteiger charge is 2.31. The van der Waals surface area contributed by atoms with Crippen LogP contribution in [0.15, 0.2) is 35.2 Å². The Hall–Kier alpha value is -2.26. The molecule has 0 saturated carbocycles. The first-order valence-electron chi connectivity index (χ1n) is 10.1. The number of hydrogen-bond donors (Lipinski definition) is 0. The molecule has 0 radical (unpaired) electrons. The molecule has 0 amide bonds. The number of aromatic nitrogens is 2. The van der Waals surface area contributed by atoms with Crippen molar-refractivity contribution in [3.05, 3.63) is 42.0 Å². The van der Waals surface area contributed by atoms with Crippen LogP contribution in [0.1, 0.15) is 25.1 Å². The Balaban J connectivity index is 1.48. The fourth-order valence-corrected chi connectivity index (χ4v) is 5.42. The van der Waals surface area contributed by atoms with E-state index in [1.54, 1.807) is 0 Å². The zero-order valence-corrected chi connectivity index (χ0v) is 17.4. The number of nitrogens with zero attached hydrogens (tertiary/aromatic N) is 5. The van der Waals surface area contributed by atoms with Crippen LogP contribution < -0.4 is 9.80 Å². The molecule has 0 bridgehead atoms. The van der Waals surface area contributed by atoms with Gasteiger partial charge in [0.1, 0.15) is 28.2 Å². The van der Waals surface area contributed by atoms with E-state index in [0.717, 1.165) is 24.7 Å². The number of rotatable bonds is 4. The largest absolute Gasteiger partial charge is 0.356 e. The summed E-state index contributed by atoms with van der Waals surface area (Å²) in [7, 11) is -3.84.